The molecule has 24 heavy (non-hydrogen) atoms. The Morgan fingerprint density at radius 3 is 2.21 bits per heavy atom. The number of rotatable bonds is 10. The molecule has 1 aromatic carbocycles. The van der Waals surface area contributed by atoms with Crippen molar-refractivity contribution in [2.75, 3.05) is 31.5 Å². The average Bonchev–Trinajstić information content (AvgIpc) is 2.53. The summed E-state index contributed by atoms with van der Waals surface area (Å²) in [6.07, 6.45) is 0.719. The van der Waals surface area contributed by atoms with Crippen molar-refractivity contribution < 1.29 is 9.59 Å². The van der Waals surface area contributed by atoms with Crippen molar-refractivity contribution in [1.82, 2.24) is 10.2 Å². The molecule has 1 atom stereocenters. The third kappa shape index (κ3) is 8.11. The van der Waals surface area contributed by atoms with Crippen LogP contribution in [0.2, 0.25) is 0 Å². The average molecular weight is 333 g/mol. The maximum atomic E-state index is 12.0. The molecule has 0 saturated heterocycles. The minimum Gasteiger partial charge on any atom is -0.355 e. The molecular weight excluding hydrogens is 302 g/mol. The summed E-state index contributed by atoms with van der Waals surface area (Å²) < 4.78 is 0. The molecule has 134 valence electrons. The van der Waals surface area contributed by atoms with E-state index in [0.717, 1.165) is 30.9 Å². The van der Waals surface area contributed by atoms with E-state index in [4.69, 9.17) is 0 Å². The van der Waals surface area contributed by atoms with Gasteiger partial charge in [0.1, 0.15) is 0 Å². The lowest BCUT2D eigenvalue weighted by atomic mass is 10.0. The number of nitrogens with zero attached hydrogens (tertiary/aromatic N) is 1. The first kappa shape index (κ1) is 20.2. The molecule has 0 aliphatic carbocycles. The van der Waals surface area contributed by atoms with Gasteiger partial charge in [-0.2, -0.15) is 0 Å². The summed E-state index contributed by atoms with van der Waals surface area (Å²) in [6.45, 7) is 11.7. The first-order chi connectivity index (χ1) is 11.4. The van der Waals surface area contributed by atoms with Crippen LogP contribution in [0.15, 0.2) is 24.3 Å². The summed E-state index contributed by atoms with van der Waals surface area (Å²) in [6, 6.07) is 7.69. The van der Waals surface area contributed by atoms with Crippen LogP contribution in [0.4, 0.5) is 5.69 Å². The summed E-state index contributed by atoms with van der Waals surface area (Å²) in [4.78, 5) is 26.2. The highest BCUT2D eigenvalue weighted by atomic mass is 16.2. The summed E-state index contributed by atoms with van der Waals surface area (Å²) in [5.74, 6) is -0.0241. The molecule has 0 fully saturated rings. The topological polar surface area (TPSA) is 61.4 Å². The molecule has 0 spiro atoms. The van der Waals surface area contributed by atoms with Crippen LogP contribution >= 0.6 is 0 Å². The Morgan fingerprint density at radius 2 is 1.62 bits per heavy atom. The number of hydrogen-bond acceptors (Lipinski definition) is 3. The molecular formula is C19H31N3O2. The third-order valence-corrected chi connectivity index (χ3v) is 4.05. The van der Waals surface area contributed by atoms with E-state index in [1.165, 1.54) is 0 Å². The molecule has 0 saturated carbocycles. The van der Waals surface area contributed by atoms with Crippen LogP contribution in [-0.4, -0.2) is 42.9 Å². The van der Waals surface area contributed by atoms with Gasteiger partial charge in [0, 0.05) is 31.6 Å². The standard InChI is InChI=1S/C19H31N3O2/c1-5-22(6-2)12-11-20-18(23)13-16(4)14-19(24)21-17-9-7-15(3)8-10-17/h7-10,16H,5-6,11-14H2,1-4H3,(H,20,23)(H,21,24). The van der Waals surface area contributed by atoms with Gasteiger partial charge in [0.25, 0.3) is 0 Å². The highest BCUT2D eigenvalue weighted by Gasteiger charge is 2.13. The second kappa shape index (κ2) is 10.8. The lowest BCUT2D eigenvalue weighted by molar-refractivity contribution is -0.122. The van der Waals surface area contributed by atoms with Gasteiger partial charge < -0.3 is 15.5 Å². The molecule has 1 rings (SSSR count). The second-order valence-corrected chi connectivity index (χ2v) is 6.30. The molecule has 5 heteroatoms. The fraction of sp³-hybridized carbons (Fsp3) is 0.579. The van der Waals surface area contributed by atoms with Crippen molar-refractivity contribution in [3.05, 3.63) is 29.8 Å². The maximum absolute atomic E-state index is 12.0. The molecule has 2 N–H and O–H groups in total. The first-order valence-electron chi connectivity index (χ1n) is 8.80. The Bertz CT molecular complexity index is 510. The summed E-state index contributed by atoms with van der Waals surface area (Å²) >= 11 is 0. The van der Waals surface area contributed by atoms with Gasteiger partial charge >= 0.3 is 0 Å². The van der Waals surface area contributed by atoms with E-state index in [9.17, 15) is 9.59 Å². The summed E-state index contributed by atoms with van der Waals surface area (Å²) in [5.41, 5.74) is 1.95. The van der Waals surface area contributed by atoms with Crippen LogP contribution in [0.3, 0.4) is 0 Å². The van der Waals surface area contributed by atoms with Crippen LogP contribution in [0, 0.1) is 12.8 Å². The number of carbonyl (C=O) groups is 2. The number of carbonyl (C=O) groups excluding carboxylic acids is 2. The van der Waals surface area contributed by atoms with Crippen LogP contribution in [0.25, 0.3) is 0 Å². The van der Waals surface area contributed by atoms with E-state index in [1.807, 2.05) is 38.1 Å². The molecule has 2 amide bonds. The Kier molecular flexibility index (Phi) is 9.08. The zero-order valence-electron chi connectivity index (χ0n) is 15.4. The van der Waals surface area contributed by atoms with Gasteiger partial charge in [0.2, 0.25) is 11.8 Å². The first-order valence-corrected chi connectivity index (χ1v) is 8.80. The summed E-state index contributed by atoms with van der Waals surface area (Å²) in [7, 11) is 0. The largest absolute Gasteiger partial charge is 0.355 e. The van der Waals surface area contributed by atoms with E-state index in [1.54, 1.807) is 0 Å². The third-order valence-electron chi connectivity index (χ3n) is 4.05. The van der Waals surface area contributed by atoms with Crippen molar-refractivity contribution in [1.29, 1.82) is 0 Å². The molecule has 0 radical (unpaired) electrons. The Balaban J connectivity index is 2.26. The van der Waals surface area contributed by atoms with E-state index in [-0.39, 0.29) is 17.7 Å². The lowest BCUT2D eigenvalue weighted by Gasteiger charge is -2.18. The molecule has 0 aromatic heterocycles. The maximum Gasteiger partial charge on any atom is 0.224 e. The molecule has 0 bridgehead atoms. The van der Waals surface area contributed by atoms with Gasteiger partial charge in [0.15, 0.2) is 0 Å². The number of hydrogen-bond donors (Lipinski definition) is 2. The minimum absolute atomic E-state index is 0.0118. The normalized spacial score (nSPS) is 12.0. The fourth-order valence-electron chi connectivity index (χ4n) is 2.52. The van der Waals surface area contributed by atoms with Crippen molar-refractivity contribution in [3.8, 4) is 0 Å². The molecule has 1 unspecified atom stereocenters. The lowest BCUT2D eigenvalue weighted by Crippen LogP contribution is -2.35. The van der Waals surface area contributed by atoms with Gasteiger partial charge in [-0.15, -0.1) is 0 Å². The molecule has 0 aliphatic rings. The Hall–Kier alpha value is -1.88. The molecule has 1 aromatic rings. The highest BCUT2D eigenvalue weighted by molar-refractivity contribution is 5.91. The Morgan fingerprint density at radius 1 is 1.04 bits per heavy atom. The van der Waals surface area contributed by atoms with Crippen molar-refractivity contribution in [3.63, 3.8) is 0 Å². The zero-order chi connectivity index (χ0) is 17.9. The fourth-order valence-corrected chi connectivity index (χ4v) is 2.52. The number of amides is 2. The van der Waals surface area contributed by atoms with Gasteiger partial charge in [0.05, 0.1) is 0 Å². The molecule has 0 aliphatic heterocycles. The SMILES string of the molecule is CCN(CC)CCNC(=O)CC(C)CC(=O)Nc1ccc(C)cc1. The van der Waals surface area contributed by atoms with Gasteiger partial charge in [-0.1, -0.05) is 38.5 Å². The van der Waals surface area contributed by atoms with Crippen LogP contribution in [-0.2, 0) is 9.59 Å². The highest BCUT2D eigenvalue weighted by Crippen LogP contribution is 2.12. The molecule has 0 heterocycles. The smallest absolute Gasteiger partial charge is 0.224 e. The quantitative estimate of drug-likeness (QED) is 0.692. The predicted octanol–water partition coefficient (Wildman–Crippen LogP) is 2.81. The van der Waals surface area contributed by atoms with Crippen molar-refractivity contribution in [2.45, 2.75) is 40.5 Å². The second-order valence-electron chi connectivity index (χ2n) is 6.30. The van der Waals surface area contributed by atoms with Crippen LogP contribution in [0.5, 0.6) is 0 Å². The number of aryl methyl sites for hydroxylation is 1. The Labute approximate surface area is 145 Å². The van der Waals surface area contributed by atoms with Crippen molar-refractivity contribution in [2.24, 2.45) is 5.92 Å². The van der Waals surface area contributed by atoms with Crippen LogP contribution in [0.1, 0.15) is 39.2 Å². The predicted molar refractivity (Wildman–Crippen MR) is 99.0 cm³/mol. The number of benzene rings is 1. The minimum atomic E-state index is -0.0534. The summed E-state index contributed by atoms with van der Waals surface area (Å²) in [5, 5.41) is 5.80. The number of likely N-dealkylation sites (N-methyl/N-ethyl adjacent to an activating group) is 1. The van der Waals surface area contributed by atoms with E-state index >= 15 is 0 Å². The number of anilines is 1. The van der Waals surface area contributed by atoms with Gasteiger partial charge in [-0.25, -0.2) is 0 Å². The van der Waals surface area contributed by atoms with Gasteiger partial charge in [-0.3, -0.25) is 9.59 Å². The zero-order valence-corrected chi connectivity index (χ0v) is 15.4. The molecule has 5 nitrogen and oxygen atoms in total. The van der Waals surface area contributed by atoms with Gasteiger partial charge in [-0.05, 0) is 38.1 Å². The van der Waals surface area contributed by atoms with E-state index in [0.29, 0.717) is 19.4 Å². The monoisotopic (exact) mass is 333 g/mol. The van der Waals surface area contributed by atoms with Crippen molar-refractivity contribution >= 4 is 17.5 Å². The van der Waals surface area contributed by atoms with E-state index in [2.05, 4.69) is 29.4 Å². The number of nitrogens with one attached hydrogen (secondary N) is 2. The van der Waals surface area contributed by atoms with E-state index < -0.39 is 0 Å². The van der Waals surface area contributed by atoms with Crippen LogP contribution < -0.4 is 10.6 Å².